The van der Waals surface area contributed by atoms with Gasteiger partial charge in [0.05, 0.1) is 24.8 Å². The predicted octanol–water partition coefficient (Wildman–Crippen LogP) is 10.8. The number of fused-ring (bicyclic) bond motifs is 2. The first kappa shape index (κ1) is 50.5. The van der Waals surface area contributed by atoms with Crippen LogP contribution in [0.1, 0.15) is 140 Å². The number of benzene rings is 2. The number of nitrogens with zero attached hydrogens (tertiary/aromatic N) is 2. The fraction of sp³-hybridized carbons (Fsp3) is 0.627. The lowest BCUT2D eigenvalue weighted by Gasteiger charge is -2.59. The predicted molar refractivity (Wildman–Crippen MR) is 247 cm³/mol. The van der Waals surface area contributed by atoms with E-state index in [2.05, 4.69) is 30.1 Å². The summed E-state index contributed by atoms with van der Waals surface area (Å²) in [5.74, 6) is -1.90. The summed E-state index contributed by atoms with van der Waals surface area (Å²) in [4.78, 5) is 34.6. The summed E-state index contributed by atoms with van der Waals surface area (Å²) < 4.78 is 40.1. The van der Waals surface area contributed by atoms with Crippen LogP contribution in [0.4, 0.5) is 14.0 Å². The maximum Gasteiger partial charge on any atom is 0.412 e. The van der Waals surface area contributed by atoms with Crippen molar-refractivity contribution in [3.05, 3.63) is 83.7 Å². The van der Waals surface area contributed by atoms with Crippen LogP contribution in [0.3, 0.4) is 0 Å². The molecule has 6 atom stereocenters. The number of aliphatic hydroxyl groups excluding tert-OH is 2. The van der Waals surface area contributed by atoms with Crippen LogP contribution >= 0.6 is 0 Å². The molecule has 2 aliphatic carbocycles. The molecule has 0 aromatic heterocycles. The van der Waals surface area contributed by atoms with Crippen molar-refractivity contribution in [2.24, 2.45) is 22.9 Å². The number of aliphatic hydroxyl groups is 2. The van der Waals surface area contributed by atoms with Crippen LogP contribution < -0.4 is 14.8 Å². The minimum absolute atomic E-state index is 0.0237. The number of halogens is 1. The van der Waals surface area contributed by atoms with Gasteiger partial charge in [0.15, 0.2) is 0 Å². The minimum atomic E-state index is -1.52. The van der Waals surface area contributed by atoms with E-state index in [1.54, 1.807) is 36.1 Å². The maximum atomic E-state index is 14.3. The van der Waals surface area contributed by atoms with Crippen LogP contribution in [0.5, 0.6) is 11.5 Å². The normalized spacial score (nSPS) is 22.7. The van der Waals surface area contributed by atoms with Crippen molar-refractivity contribution in [1.29, 1.82) is 0 Å². The van der Waals surface area contributed by atoms with Crippen LogP contribution in [0.2, 0.25) is 0 Å². The molecule has 5 rings (SSSR count). The van der Waals surface area contributed by atoms with Crippen molar-refractivity contribution in [2.45, 2.75) is 147 Å². The number of hydrogen-bond donors (Lipinski definition) is 3. The molecule has 354 valence electrons. The topological polar surface area (TPSA) is 148 Å². The van der Waals surface area contributed by atoms with E-state index in [4.69, 9.17) is 23.8 Å². The third-order valence-corrected chi connectivity index (χ3v) is 13.0. The Hall–Kier alpha value is -4.46. The molecule has 64 heavy (non-hydrogen) atoms. The molecule has 2 amide bonds. The van der Waals surface area contributed by atoms with E-state index in [0.29, 0.717) is 42.2 Å². The molecule has 1 aliphatic heterocycles. The largest absolute Gasteiger partial charge is 0.459 e. The molecule has 0 saturated heterocycles. The lowest BCUT2D eigenvalue weighted by Crippen LogP contribution is -2.70. The molecule has 0 unspecified atom stereocenters. The van der Waals surface area contributed by atoms with Gasteiger partial charge in [-0.2, -0.15) is 0 Å². The van der Waals surface area contributed by atoms with Gasteiger partial charge in [-0.15, -0.1) is 6.58 Å². The number of oxime groups is 1. The summed E-state index contributed by atoms with van der Waals surface area (Å²) in [5, 5.41) is 27.3. The Balaban J connectivity index is 1.54. The first-order chi connectivity index (χ1) is 31.2. The SMILES string of the molecule is C=CCO[C@@]12Oc3ccc(OC(=O)NCCCCCCCCCCCC)cc3[C@H]3[C@H](CCCCO)[C@@H](CCCCO)C=C(C(=NOC)C[C@@H]1N(Cc1ccc(F)cc1)C(=O)OCC)[C@H]32. The van der Waals surface area contributed by atoms with Crippen LogP contribution in [0, 0.1) is 23.6 Å². The van der Waals surface area contributed by atoms with Gasteiger partial charge in [0.25, 0.3) is 0 Å². The maximum absolute atomic E-state index is 14.3. The van der Waals surface area contributed by atoms with Gasteiger partial charge in [-0.25, -0.2) is 14.0 Å². The molecular formula is C51H74FN3O9. The van der Waals surface area contributed by atoms with Gasteiger partial charge in [0.2, 0.25) is 5.79 Å². The molecule has 12 nitrogen and oxygen atoms in total. The third kappa shape index (κ3) is 13.3. The second-order valence-electron chi connectivity index (χ2n) is 17.4. The number of unbranched alkanes of at least 4 members (excludes halogenated alkanes) is 11. The van der Waals surface area contributed by atoms with Gasteiger partial charge < -0.3 is 39.3 Å². The molecule has 2 aromatic rings. The van der Waals surface area contributed by atoms with E-state index in [1.807, 2.05) is 12.1 Å². The second-order valence-corrected chi connectivity index (χ2v) is 17.4. The van der Waals surface area contributed by atoms with E-state index >= 15 is 0 Å². The van der Waals surface area contributed by atoms with Crippen LogP contribution in [-0.4, -0.2) is 84.9 Å². The average molecular weight is 892 g/mol. The molecule has 1 fully saturated rings. The number of carbonyl (C=O) groups excluding carboxylic acids is 2. The van der Waals surface area contributed by atoms with Gasteiger partial charge in [0.1, 0.15) is 30.5 Å². The standard InChI is InChI=1S/C51H74FN3O9/c1-5-8-9-10-11-12-13-14-15-18-29-53-49(58)63-40-27-28-45-43(34-40)47-41(22-17-20-31-57)38(21-16-19-30-56)33-42-44(54-60-4)35-46(51(64-45,48(42)47)62-32-6-2)55(50(59)61-7-3)36-37-23-25-39(52)26-24-37/h6,23-28,33-34,38,41,46-48,56-57H,2,5,7-22,29-32,35-36H2,1,3-4H3,(H,53,58)/t38-,41+,46-,47+,48+,51+/m0/s1. The number of rotatable bonds is 28. The van der Waals surface area contributed by atoms with E-state index < -0.39 is 35.8 Å². The number of hydrogen-bond acceptors (Lipinski definition) is 10. The monoisotopic (exact) mass is 892 g/mol. The molecule has 1 heterocycles. The minimum Gasteiger partial charge on any atom is -0.459 e. The van der Waals surface area contributed by atoms with Crippen molar-refractivity contribution < 1.29 is 48.0 Å². The fourth-order valence-corrected chi connectivity index (χ4v) is 10.1. The molecule has 3 aliphatic rings. The zero-order valence-corrected chi connectivity index (χ0v) is 38.6. The van der Waals surface area contributed by atoms with Crippen LogP contribution in [0.25, 0.3) is 0 Å². The molecule has 0 spiro atoms. The Labute approximate surface area is 380 Å². The first-order valence-corrected chi connectivity index (χ1v) is 24.0. The zero-order chi connectivity index (χ0) is 45.7. The van der Waals surface area contributed by atoms with Gasteiger partial charge >= 0.3 is 12.2 Å². The summed E-state index contributed by atoms with van der Waals surface area (Å²) in [5.41, 5.74) is 3.00. The van der Waals surface area contributed by atoms with Crippen LogP contribution in [-0.2, 0) is 20.9 Å². The van der Waals surface area contributed by atoms with Crippen molar-refractivity contribution >= 4 is 17.9 Å². The summed E-state index contributed by atoms with van der Waals surface area (Å²) >= 11 is 0. The summed E-state index contributed by atoms with van der Waals surface area (Å²) in [6.07, 6.45) is 19.3. The number of nitrogens with one attached hydrogen (secondary N) is 1. The second kappa shape index (κ2) is 26.5. The number of allylic oxidation sites excluding steroid dienone is 1. The van der Waals surface area contributed by atoms with E-state index in [-0.39, 0.29) is 57.1 Å². The Bertz CT molecular complexity index is 1820. The molecule has 0 radical (unpaired) electrons. The van der Waals surface area contributed by atoms with E-state index in [9.17, 15) is 24.2 Å². The number of amides is 2. The van der Waals surface area contributed by atoms with E-state index in [0.717, 1.165) is 56.1 Å². The highest BCUT2D eigenvalue weighted by Crippen LogP contribution is 2.62. The Morgan fingerprint density at radius 1 is 0.938 bits per heavy atom. The molecule has 3 N–H and O–H groups in total. The van der Waals surface area contributed by atoms with Crippen molar-refractivity contribution in [3.8, 4) is 11.5 Å². The van der Waals surface area contributed by atoms with Crippen LogP contribution in [0.15, 0.2) is 71.9 Å². The Morgan fingerprint density at radius 3 is 2.28 bits per heavy atom. The molecule has 0 bridgehead atoms. The van der Waals surface area contributed by atoms with Crippen molar-refractivity contribution in [1.82, 2.24) is 10.2 Å². The van der Waals surface area contributed by atoms with Gasteiger partial charge in [0, 0.05) is 44.2 Å². The fourth-order valence-electron chi connectivity index (χ4n) is 10.1. The summed E-state index contributed by atoms with van der Waals surface area (Å²) in [6.45, 7) is 8.88. The molecule has 1 saturated carbocycles. The van der Waals surface area contributed by atoms with Gasteiger partial charge in [-0.3, -0.25) is 4.90 Å². The molecule has 13 heteroatoms. The number of carbonyl (C=O) groups is 2. The smallest absolute Gasteiger partial charge is 0.412 e. The number of ether oxygens (including phenoxy) is 4. The summed E-state index contributed by atoms with van der Waals surface area (Å²) in [6, 6.07) is 10.6. The Morgan fingerprint density at radius 2 is 1.62 bits per heavy atom. The Kier molecular flexibility index (Phi) is 20.9. The molecular weight excluding hydrogens is 818 g/mol. The van der Waals surface area contributed by atoms with E-state index in [1.165, 1.54) is 64.2 Å². The van der Waals surface area contributed by atoms with Gasteiger partial charge in [-0.05, 0) is 92.3 Å². The lowest BCUT2D eigenvalue weighted by atomic mass is 9.55. The average Bonchev–Trinajstić information content (AvgIpc) is 3.29. The van der Waals surface area contributed by atoms with Crippen molar-refractivity contribution in [3.63, 3.8) is 0 Å². The molecule has 2 aromatic carbocycles. The highest BCUT2D eigenvalue weighted by Gasteiger charge is 2.65. The first-order valence-electron chi connectivity index (χ1n) is 24.0. The lowest BCUT2D eigenvalue weighted by molar-refractivity contribution is -0.256. The quantitative estimate of drug-likeness (QED) is 0.0431. The zero-order valence-electron chi connectivity index (χ0n) is 38.6. The highest BCUT2D eigenvalue weighted by molar-refractivity contribution is 6.03. The summed E-state index contributed by atoms with van der Waals surface area (Å²) in [7, 11) is 1.49. The highest BCUT2D eigenvalue weighted by atomic mass is 19.1. The van der Waals surface area contributed by atoms with Crippen molar-refractivity contribution in [2.75, 3.05) is 40.1 Å². The van der Waals surface area contributed by atoms with Gasteiger partial charge in [-0.1, -0.05) is 107 Å². The third-order valence-electron chi connectivity index (χ3n) is 13.0.